The molecular weight excluding hydrogens is 382 g/mol. The van der Waals surface area contributed by atoms with Gasteiger partial charge in [-0.25, -0.2) is 9.78 Å². The standard InChI is InChI=1S/C23H25N3O4/c1-25(14-8-9-15-30-17-21(27)28)20-16-26(29)23(19-12-6-3-7-13-19)22(24-20)18-10-4-2-5-11-18/h2-7,10-13,16H,8-9,14-15,17H2,1H3,(H,27,28). The number of carbonyl (C=O) groups is 1. The van der Waals surface area contributed by atoms with Crippen LogP contribution in [0.25, 0.3) is 22.5 Å². The summed E-state index contributed by atoms with van der Waals surface area (Å²) in [4.78, 5) is 17.2. The van der Waals surface area contributed by atoms with Crippen molar-refractivity contribution in [3.8, 4) is 22.5 Å². The first-order valence-corrected chi connectivity index (χ1v) is 9.82. The van der Waals surface area contributed by atoms with E-state index in [4.69, 9.17) is 14.8 Å². The number of benzene rings is 2. The van der Waals surface area contributed by atoms with Crippen molar-refractivity contribution in [2.24, 2.45) is 0 Å². The lowest BCUT2D eigenvalue weighted by Crippen LogP contribution is -2.33. The Labute approximate surface area is 175 Å². The van der Waals surface area contributed by atoms with Gasteiger partial charge in [0.1, 0.15) is 12.3 Å². The summed E-state index contributed by atoms with van der Waals surface area (Å²) in [7, 11) is 1.89. The lowest BCUT2D eigenvalue weighted by Gasteiger charge is -2.19. The van der Waals surface area contributed by atoms with Crippen molar-refractivity contribution >= 4 is 11.8 Å². The van der Waals surface area contributed by atoms with Crippen LogP contribution in [0.2, 0.25) is 0 Å². The molecule has 0 radical (unpaired) electrons. The van der Waals surface area contributed by atoms with Gasteiger partial charge in [-0.1, -0.05) is 48.5 Å². The fourth-order valence-electron chi connectivity index (χ4n) is 3.14. The molecule has 0 amide bonds. The zero-order chi connectivity index (χ0) is 21.3. The van der Waals surface area contributed by atoms with E-state index in [-0.39, 0.29) is 6.61 Å². The fraction of sp³-hybridized carbons (Fsp3) is 0.261. The summed E-state index contributed by atoms with van der Waals surface area (Å²) in [6.45, 7) is 0.772. The molecule has 0 bridgehead atoms. The summed E-state index contributed by atoms with van der Waals surface area (Å²) in [5.74, 6) is -0.391. The van der Waals surface area contributed by atoms with E-state index in [1.807, 2.05) is 72.6 Å². The minimum atomic E-state index is -0.969. The molecule has 0 aliphatic rings. The molecule has 3 rings (SSSR count). The lowest BCUT2D eigenvalue weighted by atomic mass is 10.0. The van der Waals surface area contributed by atoms with Gasteiger partial charge in [0.05, 0.1) is 0 Å². The number of carboxylic acids is 1. The Balaban J connectivity index is 1.81. The maximum Gasteiger partial charge on any atom is 0.329 e. The molecule has 0 aliphatic heterocycles. The molecule has 0 aliphatic carbocycles. The monoisotopic (exact) mass is 407 g/mol. The molecule has 1 aromatic heterocycles. The van der Waals surface area contributed by atoms with Gasteiger partial charge in [-0.2, -0.15) is 4.73 Å². The molecular formula is C23H25N3O4. The summed E-state index contributed by atoms with van der Waals surface area (Å²) in [5, 5.41) is 21.6. The van der Waals surface area contributed by atoms with Crippen LogP contribution >= 0.6 is 0 Å². The predicted molar refractivity (Wildman–Crippen MR) is 115 cm³/mol. The first-order valence-electron chi connectivity index (χ1n) is 9.82. The second kappa shape index (κ2) is 10.4. The van der Waals surface area contributed by atoms with E-state index in [2.05, 4.69) is 0 Å². The Kier molecular flexibility index (Phi) is 7.34. The summed E-state index contributed by atoms with van der Waals surface area (Å²) >= 11 is 0. The number of ether oxygens (including phenoxy) is 1. The quantitative estimate of drug-likeness (QED) is 0.315. The van der Waals surface area contributed by atoms with Crippen LogP contribution in [-0.2, 0) is 9.53 Å². The maximum atomic E-state index is 13.0. The highest BCUT2D eigenvalue weighted by atomic mass is 16.5. The van der Waals surface area contributed by atoms with Crippen LogP contribution in [0.4, 0.5) is 5.82 Å². The van der Waals surface area contributed by atoms with Gasteiger partial charge in [0, 0.05) is 31.3 Å². The number of carboxylic acid groups (broad SMARTS) is 1. The molecule has 0 atom stereocenters. The Bertz CT molecular complexity index is 965. The molecule has 0 saturated carbocycles. The molecule has 1 N–H and O–H groups in total. The summed E-state index contributed by atoms with van der Waals surface area (Å²) in [6, 6.07) is 19.2. The minimum absolute atomic E-state index is 0.283. The van der Waals surface area contributed by atoms with E-state index in [1.54, 1.807) is 0 Å². The predicted octanol–water partition coefficient (Wildman–Crippen LogP) is 3.37. The Hall–Kier alpha value is -3.45. The van der Waals surface area contributed by atoms with Gasteiger partial charge in [0.15, 0.2) is 5.82 Å². The van der Waals surface area contributed by atoms with Gasteiger partial charge in [0.2, 0.25) is 11.9 Å². The van der Waals surface area contributed by atoms with Crippen molar-refractivity contribution in [3.05, 3.63) is 72.1 Å². The number of aliphatic carboxylic acids is 1. The second-order valence-corrected chi connectivity index (χ2v) is 6.93. The zero-order valence-corrected chi connectivity index (χ0v) is 16.9. The average Bonchev–Trinajstić information content (AvgIpc) is 2.76. The van der Waals surface area contributed by atoms with E-state index in [0.717, 1.165) is 28.7 Å². The first-order chi connectivity index (χ1) is 14.6. The van der Waals surface area contributed by atoms with Gasteiger partial charge < -0.3 is 20.0 Å². The third kappa shape index (κ3) is 5.55. The largest absolute Gasteiger partial charge is 0.618 e. The van der Waals surface area contributed by atoms with E-state index in [1.165, 1.54) is 6.20 Å². The van der Waals surface area contributed by atoms with Gasteiger partial charge in [0.25, 0.3) is 0 Å². The van der Waals surface area contributed by atoms with Crippen LogP contribution in [-0.4, -0.2) is 42.9 Å². The van der Waals surface area contributed by atoms with Gasteiger partial charge in [-0.15, -0.1) is 0 Å². The first kappa shape index (κ1) is 21.3. The van der Waals surface area contributed by atoms with Crippen molar-refractivity contribution in [1.29, 1.82) is 0 Å². The molecule has 1 heterocycles. The number of aromatic nitrogens is 2. The SMILES string of the molecule is CN(CCCCOCC(=O)O)c1c[n+]([O-])c(-c2ccccc2)c(-c2ccccc2)n1. The van der Waals surface area contributed by atoms with Crippen LogP contribution in [0.1, 0.15) is 12.8 Å². The van der Waals surface area contributed by atoms with Crippen LogP contribution < -0.4 is 9.63 Å². The highest BCUT2D eigenvalue weighted by Gasteiger charge is 2.21. The molecule has 7 heteroatoms. The average molecular weight is 407 g/mol. The third-order valence-electron chi connectivity index (χ3n) is 4.65. The zero-order valence-electron chi connectivity index (χ0n) is 16.9. The van der Waals surface area contributed by atoms with Crippen molar-refractivity contribution in [2.45, 2.75) is 12.8 Å². The highest BCUT2D eigenvalue weighted by molar-refractivity contribution is 5.76. The molecule has 0 fully saturated rings. The van der Waals surface area contributed by atoms with E-state index >= 15 is 0 Å². The van der Waals surface area contributed by atoms with Crippen molar-refractivity contribution in [3.63, 3.8) is 0 Å². The minimum Gasteiger partial charge on any atom is -0.618 e. The molecule has 156 valence electrons. The normalized spacial score (nSPS) is 10.7. The second-order valence-electron chi connectivity index (χ2n) is 6.93. The van der Waals surface area contributed by atoms with Crippen LogP contribution in [0.5, 0.6) is 0 Å². The molecule has 3 aromatic rings. The number of rotatable bonds is 10. The number of nitrogens with zero attached hydrogens (tertiary/aromatic N) is 3. The number of anilines is 1. The van der Waals surface area contributed by atoms with Crippen molar-refractivity contribution in [2.75, 3.05) is 31.7 Å². The lowest BCUT2D eigenvalue weighted by molar-refractivity contribution is -0.593. The third-order valence-corrected chi connectivity index (χ3v) is 4.65. The van der Waals surface area contributed by atoms with Crippen LogP contribution in [0, 0.1) is 5.21 Å². The summed E-state index contributed by atoms with van der Waals surface area (Å²) in [6.07, 6.45) is 3.01. The van der Waals surface area contributed by atoms with Gasteiger partial charge in [-0.3, -0.25) is 0 Å². The number of unbranched alkanes of at least 4 members (excludes halogenated alkanes) is 1. The molecule has 0 unspecified atom stereocenters. The van der Waals surface area contributed by atoms with E-state index < -0.39 is 5.97 Å². The van der Waals surface area contributed by atoms with E-state index in [9.17, 15) is 10.0 Å². The van der Waals surface area contributed by atoms with Gasteiger partial charge in [-0.05, 0) is 25.0 Å². The molecule has 0 saturated heterocycles. The highest BCUT2D eigenvalue weighted by Crippen LogP contribution is 2.29. The number of hydrogen-bond donors (Lipinski definition) is 1. The van der Waals surface area contributed by atoms with Crippen molar-refractivity contribution in [1.82, 2.24) is 4.98 Å². The van der Waals surface area contributed by atoms with Gasteiger partial charge >= 0.3 is 5.97 Å². The Morgan fingerprint density at radius 3 is 2.33 bits per heavy atom. The molecule has 30 heavy (non-hydrogen) atoms. The topological polar surface area (TPSA) is 89.6 Å². The maximum absolute atomic E-state index is 13.0. The summed E-state index contributed by atoms with van der Waals surface area (Å²) in [5.41, 5.74) is 2.83. The number of hydrogen-bond acceptors (Lipinski definition) is 5. The molecule has 2 aromatic carbocycles. The molecule has 7 nitrogen and oxygen atoms in total. The van der Waals surface area contributed by atoms with E-state index in [0.29, 0.717) is 30.4 Å². The fourth-order valence-corrected chi connectivity index (χ4v) is 3.14. The van der Waals surface area contributed by atoms with Crippen LogP contribution in [0.3, 0.4) is 0 Å². The Morgan fingerprint density at radius 1 is 1.07 bits per heavy atom. The molecule has 0 spiro atoms. The smallest absolute Gasteiger partial charge is 0.329 e. The van der Waals surface area contributed by atoms with Crippen LogP contribution in [0.15, 0.2) is 66.9 Å². The van der Waals surface area contributed by atoms with Crippen molar-refractivity contribution < 1.29 is 19.4 Å². The summed E-state index contributed by atoms with van der Waals surface area (Å²) < 4.78 is 5.94. The Morgan fingerprint density at radius 2 is 1.70 bits per heavy atom.